The SMILES string of the molecule is Cc1cc(NC(=O)C2CCCCC2)nc(C)n1. The molecule has 1 saturated carbocycles. The van der Waals surface area contributed by atoms with Crippen LogP contribution in [0.15, 0.2) is 6.07 Å². The maximum absolute atomic E-state index is 12.0. The lowest BCUT2D eigenvalue weighted by atomic mass is 9.89. The van der Waals surface area contributed by atoms with Crippen LogP contribution in [0.4, 0.5) is 5.82 Å². The Kier molecular flexibility index (Phi) is 3.71. The van der Waals surface area contributed by atoms with Crippen LogP contribution in [0.5, 0.6) is 0 Å². The Bertz CT molecular complexity index is 391. The van der Waals surface area contributed by atoms with Crippen LogP contribution in [0.25, 0.3) is 0 Å². The van der Waals surface area contributed by atoms with E-state index in [9.17, 15) is 4.79 Å². The molecule has 0 aromatic carbocycles. The second-order valence-electron chi connectivity index (χ2n) is 4.77. The molecule has 0 unspecified atom stereocenters. The molecule has 1 aromatic heterocycles. The number of carbonyl (C=O) groups excluding carboxylic acids is 1. The number of hydrogen-bond acceptors (Lipinski definition) is 3. The predicted molar refractivity (Wildman–Crippen MR) is 66.7 cm³/mol. The van der Waals surface area contributed by atoms with E-state index in [1.807, 2.05) is 19.9 Å². The van der Waals surface area contributed by atoms with Crippen LogP contribution in [-0.2, 0) is 4.79 Å². The van der Waals surface area contributed by atoms with Crippen molar-refractivity contribution in [2.75, 3.05) is 5.32 Å². The molecule has 0 aliphatic heterocycles. The van der Waals surface area contributed by atoms with Gasteiger partial charge in [-0.25, -0.2) is 9.97 Å². The molecule has 17 heavy (non-hydrogen) atoms. The minimum atomic E-state index is 0.113. The maximum Gasteiger partial charge on any atom is 0.228 e. The third-order valence-electron chi connectivity index (χ3n) is 3.19. The van der Waals surface area contributed by atoms with Crippen molar-refractivity contribution in [3.8, 4) is 0 Å². The molecule has 2 rings (SSSR count). The zero-order valence-electron chi connectivity index (χ0n) is 10.5. The number of amides is 1. The summed E-state index contributed by atoms with van der Waals surface area (Å²) in [6.07, 6.45) is 5.61. The van der Waals surface area contributed by atoms with Gasteiger partial charge in [0, 0.05) is 17.7 Å². The first-order valence-corrected chi connectivity index (χ1v) is 6.28. The Morgan fingerprint density at radius 2 is 1.94 bits per heavy atom. The molecule has 1 aliphatic carbocycles. The van der Waals surface area contributed by atoms with Crippen molar-refractivity contribution in [1.82, 2.24) is 9.97 Å². The zero-order valence-corrected chi connectivity index (χ0v) is 10.5. The fraction of sp³-hybridized carbons (Fsp3) is 0.615. The monoisotopic (exact) mass is 233 g/mol. The van der Waals surface area contributed by atoms with E-state index < -0.39 is 0 Å². The van der Waals surface area contributed by atoms with Gasteiger partial charge < -0.3 is 5.32 Å². The summed E-state index contributed by atoms with van der Waals surface area (Å²) in [7, 11) is 0. The van der Waals surface area contributed by atoms with Crippen molar-refractivity contribution in [1.29, 1.82) is 0 Å². The summed E-state index contributed by atoms with van der Waals surface area (Å²) < 4.78 is 0. The second-order valence-corrected chi connectivity index (χ2v) is 4.77. The first-order valence-electron chi connectivity index (χ1n) is 6.28. The van der Waals surface area contributed by atoms with Crippen LogP contribution in [0.3, 0.4) is 0 Å². The van der Waals surface area contributed by atoms with Gasteiger partial charge in [-0.1, -0.05) is 19.3 Å². The molecule has 0 saturated heterocycles. The summed E-state index contributed by atoms with van der Waals surface area (Å²) in [5.41, 5.74) is 0.886. The van der Waals surface area contributed by atoms with Crippen molar-refractivity contribution >= 4 is 11.7 Å². The van der Waals surface area contributed by atoms with Gasteiger partial charge in [-0.3, -0.25) is 4.79 Å². The van der Waals surface area contributed by atoms with E-state index >= 15 is 0 Å². The Balaban J connectivity index is 2.01. The molecular weight excluding hydrogens is 214 g/mol. The zero-order chi connectivity index (χ0) is 12.3. The molecule has 1 heterocycles. The molecule has 1 fully saturated rings. The molecule has 0 radical (unpaired) electrons. The van der Waals surface area contributed by atoms with E-state index in [0.29, 0.717) is 11.6 Å². The molecule has 4 heteroatoms. The average molecular weight is 233 g/mol. The Hall–Kier alpha value is -1.45. The lowest BCUT2D eigenvalue weighted by molar-refractivity contribution is -0.120. The third-order valence-corrected chi connectivity index (χ3v) is 3.19. The highest BCUT2D eigenvalue weighted by Gasteiger charge is 2.21. The first kappa shape index (κ1) is 12.0. The van der Waals surface area contributed by atoms with Crippen LogP contribution in [-0.4, -0.2) is 15.9 Å². The van der Waals surface area contributed by atoms with Gasteiger partial charge in [-0.15, -0.1) is 0 Å². The van der Waals surface area contributed by atoms with E-state index in [1.54, 1.807) is 0 Å². The van der Waals surface area contributed by atoms with Crippen molar-refractivity contribution in [2.24, 2.45) is 5.92 Å². The van der Waals surface area contributed by atoms with Crippen LogP contribution in [0, 0.1) is 19.8 Å². The molecule has 1 aliphatic rings. The topological polar surface area (TPSA) is 54.9 Å². The van der Waals surface area contributed by atoms with Crippen molar-refractivity contribution < 1.29 is 4.79 Å². The highest BCUT2D eigenvalue weighted by atomic mass is 16.1. The van der Waals surface area contributed by atoms with Crippen molar-refractivity contribution in [3.63, 3.8) is 0 Å². The molecule has 1 aromatic rings. The smallest absolute Gasteiger partial charge is 0.228 e. The molecule has 0 bridgehead atoms. The first-order chi connectivity index (χ1) is 8.15. The number of nitrogens with one attached hydrogen (secondary N) is 1. The Morgan fingerprint density at radius 3 is 2.59 bits per heavy atom. The van der Waals surface area contributed by atoms with Gasteiger partial charge >= 0.3 is 0 Å². The van der Waals surface area contributed by atoms with E-state index in [1.165, 1.54) is 19.3 Å². The fourth-order valence-corrected chi connectivity index (χ4v) is 2.37. The van der Waals surface area contributed by atoms with Gasteiger partial charge in [-0.05, 0) is 26.7 Å². The lowest BCUT2D eigenvalue weighted by Crippen LogP contribution is -2.25. The highest BCUT2D eigenvalue weighted by molar-refractivity contribution is 5.91. The number of anilines is 1. The summed E-state index contributed by atoms with van der Waals surface area (Å²) >= 11 is 0. The van der Waals surface area contributed by atoms with Gasteiger partial charge in [0.25, 0.3) is 0 Å². The fourth-order valence-electron chi connectivity index (χ4n) is 2.37. The second kappa shape index (κ2) is 5.25. The van der Waals surface area contributed by atoms with E-state index in [0.717, 1.165) is 18.5 Å². The number of hydrogen-bond donors (Lipinski definition) is 1. The summed E-state index contributed by atoms with van der Waals surface area (Å²) in [6, 6.07) is 1.81. The number of aromatic nitrogens is 2. The molecule has 4 nitrogen and oxygen atoms in total. The number of carbonyl (C=O) groups is 1. The minimum Gasteiger partial charge on any atom is -0.310 e. The van der Waals surface area contributed by atoms with Crippen LogP contribution < -0.4 is 5.32 Å². The van der Waals surface area contributed by atoms with E-state index in [2.05, 4.69) is 15.3 Å². The summed E-state index contributed by atoms with van der Waals surface area (Å²) in [4.78, 5) is 20.4. The van der Waals surface area contributed by atoms with Gasteiger partial charge in [0.1, 0.15) is 11.6 Å². The summed E-state index contributed by atoms with van der Waals surface area (Å²) in [5, 5.41) is 2.90. The molecule has 92 valence electrons. The van der Waals surface area contributed by atoms with Crippen molar-refractivity contribution in [2.45, 2.75) is 46.0 Å². The molecule has 1 amide bonds. The number of nitrogens with zero attached hydrogens (tertiary/aromatic N) is 2. The average Bonchev–Trinajstić information content (AvgIpc) is 2.28. The van der Waals surface area contributed by atoms with Crippen molar-refractivity contribution in [3.05, 3.63) is 17.6 Å². The quantitative estimate of drug-likeness (QED) is 0.854. The Labute approximate surface area is 102 Å². The number of rotatable bonds is 2. The molecule has 0 atom stereocenters. The maximum atomic E-state index is 12.0. The standard InChI is InChI=1S/C13H19N3O/c1-9-8-12(15-10(2)14-9)16-13(17)11-6-4-3-5-7-11/h8,11H,3-7H2,1-2H3,(H,14,15,16,17). The minimum absolute atomic E-state index is 0.113. The molecule has 0 spiro atoms. The van der Waals surface area contributed by atoms with E-state index in [-0.39, 0.29) is 11.8 Å². The summed E-state index contributed by atoms with van der Waals surface area (Å²) in [6.45, 7) is 3.74. The normalized spacial score (nSPS) is 16.8. The predicted octanol–water partition coefficient (Wildman–Crippen LogP) is 2.61. The third kappa shape index (κ3) is 3.25. The number of aryl methyl sites for hydroxylation is 2. The Morgan fingerprint density at radius 1 is 1.24 bits per heavy atom. The molecule has 1 N–H and O–H groups in total. The van der Waals surface area contributed by atoms with E-state index in [4.69, 9.17) is 0 Å². The highest BCUT2D eigenvalue weighted by Crippen LogP contribution is 2.24. The largest absolute Gasteiger partial charge is 0.310 e. The van der Waals surface area contributed by atoms with Gasteiger partial charge in [0.15, 0.2) is 0 Å². The van der Waals surface area contributed by atoms with Crippen LogP contribution in [0.2, 0.25) is 0 Å². The molecular formula is C13H19N3O. The summed E-state index contributed by atoms with van der Waals surface area (Å²) in [5.74, 6) is 1.61. The van der Waals surface area contributed by atoms with Gasteiger partial charge in [0.2, 0.25) is 5.91 Å². The van der Waals surface area contributed by atoms with Crippen LogP contribution >= 0.6 is 0 Å². The lowest BCUT2D eigenvalue weighted by Gasteiger charge is -2.20. The van der Waals surface area contributed by atoms with Gasteiger partial charge in [-0.2, -0.15) is 0 Å². The van der Waals surface area contributed by atoms with Crippen LogP contribution in [0.1, 0.15) is 43.6 Å². The van der Waals surface area contributed by atoms with Gasteiger partial charge in [0.05, 0.1) is 0 Å².